The second-order valence-electron chi connectivity index (χ2n) is 4.24. The fourth-order valence-electron chi connectivity index (χ4n) is 1.82. The number of nitrogen functional groups attached to an aromatic ring is 1. The summed E-state index contributed by atoms with van der Waals surface area (Å²) in [6, 6.07) is 11.0. The predicted molar refractivity (Wildman–Crippen MR) is 84.4 cm³/mol. The summed E-state index contributed by atoms with van der Waals surface area (Å²) in [4.78, 5) is 0. The zero-order valence-corrected chi connectivity index (χ0v) is 12.5. The summed E-state index contributed by atoms with van der Waals surface area (Å²) < 4.78 is 0. The summed E-state index contributed by atoms with van der Waals surface area (Å²) in [6.45, 7) is 2.00. The highest BCUT2D eigenvalue weighted by molar-refractivity contribution is 6.42. The molecule has 0 saturated carbocycles. The molecule has 19 heavy (non-hydrogen) atoms. The van der Waals surface area contributed by atoms with E-state index in [1.807, 2.05) is 31.2 Å². The molecule has 0 aliphatic rings. The molecule has 0 spiro atoms. The van der Waals surface area contributed by atoms with Gasteiger partial charge in [0.05, 0.1) is 27.5 Å². The van der Waals surface area contributed by atoms with Gasteiger partial charge in [0.25, 0.3) is 0 Å². The number of hydrogen-bond donors (Lipinski definition) is 2. The van der Waals surface area contributed by atoms with Crippen molar-refractivity contribution in [3.8, 4) is 0 Å². The summed E-state index contributed by atoms with van der Waals surface area (Å²) in [5.74, 6) is 0. The van der Waals surface area contributed by atoms with Gasteiger partial charge in [0.1, 0.15) is 0 Å². The van der Waals surface area contributed by atoms with Crippen molar-refractivity contribution in [1.82, 2.24) is 0 Å². The molecule has 0 fully saturated rings. The maximum atomic E-state index is 6.16. The van der Waals surface area contributed by atoms with Crippen molar-refractivity contribution in [3.05, 3.63) is 57.0 Å². The minimum Gasteiger partial charge on any atom is -0.397 e. The van der Waals surface area contributed by atoms with E-state index in [4.69, 9.17) is 40.5 Å². The van der Waals surface area contributed by atoms with E-state index < -0.39 is 0 Å². The Morgan fingerprint density at radius 3 is 2.32 bits per heavy atom. The zero-order chi connectivity index (χ0) is 14.0. The van der Waals surface area contributed by atoms with Crippen LogP contribution < -0.4 is 11.1 Å². The molecule has 0 saturated heterocycles. The first-order chi connectivity index (χ1) is 8.99. The van der Waals surface area contributed by atoms with E-state index in [0.29, 0.717) is 20.8 Å². The Balaban J connectivity index is 2.27. The van der Waals surface area contributed by atoms with Crippen molar-refractivity contribution < 1.29 is 0 Å². The SMILES string of the molecule is CC(Nc1cc(Cl)c(Cl)cc1N)c1ccccc1Cl. The predicted octanol–water partition coefficient (Wildman–Crippen LogP) is 5.40. The number of rotatable bonds is 3. The minimum atomic E-state index is 0.00763. The Bertz CT molecular complexity index is 599. The lowest BCUT2D eigenvalue weighted by Gasteiger charge is -2.18. The van der Waals surface area contributed by atoms with Crippen molar-refractivity contribution in [2.75, 3.05) is 11.1 Å². The van der Waals surface area contributed by atoms with Gasteiger partial charge in [-0.15, -0.1) is 0 Å². The van der Waals surface area contributed by atoms with E-state index >= 15 is 0 Å². The number of nitrogens with two attached hydrogens (primary N) is 1. The van der Waals surface area contributed by atoms with E-state index in [9.17, 15) is 0 Å². The summed E-state index contributed by atoms with van der Waals surface area (Å²) in [5.41, 5.74) is 8.20. The quantitative estimate of drug-likeness (QED) is 0.744. The zero-order valence-electron chi connectivity index (χ0n) is 10.3. The van der Waals surface area contributed by atoms with E-state index in [1.165, 1.54) is 0 Å². The van der Waals surface area contributed by atoms with Crippen LogP contribution in [0.2, 0.25) is 15.1 Å². The van der Waals surface area contributed by atoms with Gasteiger partial charge in [-0.1, -0.05) is 53.0 Å². The molecule has 5 heteroatoms. The van der Waals surface area contributed by atoms with Crippen LogP contribution in [0.4, 0.5) is 11.4 Å². The third kappa shape index (κ3) is 3.27. The van der Waals surface area contributed by atoms with E-state index in [-0.39, 0.29) is 6.04 Å². The van der Waals surface area contributed by atoms with Crippen molar-refractivity contribution in [3.63, 3.8) is 0 Å². The largest absolute Gasteiger partial charge is 0.397 e. The van der Waals surface area contributed by atoms with Crippen LogP contribution in [-0.4, -0.2) is 0 Å². The highest BCUT2D eigenvalue weighted by Crippen LogP contribution is 2.33. The average Bonchev–Trinajstić information content (AvgIpc) is 2.36. The van der Waals surface area contributed by atoms with Gasteiger partial charge >= 0.3 is 0 Å². The Labute approximate surface area is 127 Å². The molecule has 100 valence electrons. The molecule has 0 aromatic heterocycles. The van der Waals surface area contributed by atoms with Crippen molar-refractivity contribution in [1.29, 1.82) is 0 Å². The topological polar surface area (TPSA) is 38.0 Å². The van der Waals surface area contributed by atoms with Gasteiger partial charge in [-0.3, -0.25) is 0 Å². The lowest BCUT2D eigenvalue weighted by Crippen LogP contribution is -2.09. The van der Waals surface area contributed by atoms with Crippen molar-refractivity contribution in [2.24, 2.45) is 0 Å². The highest BCUT2D eigenvalue weighted by Gasteiger charge is 2.11. The molecule has 0 aliphatic heterocycles. The maximum Gasteiger partial charge on any atom is 0.0614 e. The maximum absolute atomic E-state index is 6.16. The molecular weight excluding hydrogens is 303 g/mol. The van der Waals surface area contributed by atoms with E-state index in [1.54, 1.807) is 12.1 Å². The third-order valence-electron chi connectivity index (χ3n) is 2.84. The second-order valence-corrected chi connectivity index (χ2v) is 5.46. The molecule has 2 aromatic rings. The van der Waals surface area contributed by atoms with Crippen LogP contribution in [0.25, 0.3) is 0 Å². The van der Waals surface area contributed by atoms with Gasteiger partial charge in [0, 0.05) is 5.02 Å². The Hall–Kier alpha value is -1.09. The number of anilines is 2. The fourth-order valence-corrected chi connectivity index (χ4v) is 2.46. The van der Waals surface area contributed by atoms with Crippen molar-refractivity contribution >= 4 is 46.2 Å². The van der Waals surface area contributed by atoms with Crippen LogP contribution in [0, 0.1) is 0 Å². The highest BCUT2D eigenvalue weighted by atomic mass is 35.5. The number of benzene rings is 2. The molecule has 0 bridgehead atoms. The van der Waals surface area contributed by atoms with Crippen LogP contribution in [0.15, 0.2) is 36.4 Å². The van der Waals surface area contributed by atoms with Gasteiger partial charge in [-0.05, 0) is 30.7 Å². The van der Waals surface area contributed by atoms with Crippen LogP contribution in [0.5, 0.6) is 0 Å². The molecule has 2 nitrogen and oxygen atoms in total. The van der Waals surface area contributed by atoms with Crippen LogP contribution in [0.3, 0.4) is 0 Å². The first kappa shape index (κ1) is 14.3. The van der Waals surface area contributed by atoms with E-state index in [2.05, 4.69) is 5.32 Å². The third-order valence-corrected chi connectivity index (χ3v) is 3.90. The second kappa shape index (κ2) is 5.91. The first-order valence-electron chi connectivity index (χ1n) is 5.74. The molecule has 1 atom stereocenters. The minimum absolute atomic E-state index is 0.00763. The van der Waals surface area contributed by atoms with Gasteiger partial charge in [0.2, 0.25) is 0 Å². The molecular formula is C14H13Cl3N2. The van der Waals surface area contributed by atoms with Gasteiger partial charge < -0.3 is 11.1 Å². The van der Waals surface area contributed by atoms with Gasteiger partial charge in [-0.25, -0.2) is 0 Å². The van der Waals surface area contributed by atoms with Gasteiger partial charge in [-0.2, -0.15) is 0 Å². The molecule has 0 aliphatic carbocycles. The number of hydrogen-bond acceptors (Lipinski definition) is 2. The van der Waals surface area contributed by atoms with Crippen molar-refractivity contribution in [2.45, 2.75) is 13.0 Å². The summed E-state index contributed by atoms with van der Waals surface area (Å²) >= 11 is 18.1. The molecule has 3 N–H and O–H groups in total. The van der Waals surface area contributed by atoms with Crippen LogP contribution in [-0.2, 0) is 0 Å². The first-order valence-corrected chi connectivity index (χ1v) is 6.88. The van der Waals surface area contributed by atoms with Crippen LogP contribution >= 0.6 is 34.8 Å². The lowest BCUT2D eigenvalue weighted by molar-refractivity contribution is 0.886. The van der Waals surface area contributed by atoms with Gasteiger partial charge in [0.15, 0.2) is 0 Å². The fraction of sp³-hybridized carbons (Fsp3) is 0.143. The Morgan fingerprint density at radius 1 is 1.00 bits per heavy atom. The lowest BCUT2D eigenvalue weighted by atomic mass is 10.1. The van der Waals surface area contributed by atoms with Crippen LogP contribution in [0.1, 0.15) is 18.5 Å². The molecule has 1 unspecified atom stereocenters. The molecule has 2 rings (SSSR count). The normalized spacial score (nSPS) is 12.2. The summed E-state index contributed by atoms with van der Waals surface area (Å²) in [6.07, 6.45) is 0. The number of halogens is 3. The Kier molecular flexibility index (Phi) is 4.46. The Morgan fingerprint density at radius 2 is 1.63 bits per heavy atom. The molecule has 0 radical (unpaired) electrons. The smallest absolute Gasteiger partial charge is 0.0614 e. The molecule has 2 aromatic carbocycles. The monoisotopic (exact) mass is 314 g/mol. The average molecular weight is 316 g/mol. The van der Waals surface area contributed by atoms with E-state index in [0.717, 1.165) is 11.3 Å². The molecule has 0 heterocycles. The summed E-state index contributed by atoms with van der Waals surface area (Å²) in [7, 11) is 0. The summed E-state index contributed by atoms with van der Waals surface area (Å²) in [5, 5.41) is 4.89. The molecule has 0 amide bonds. The standard InChI is InChI=1S/C14H13Cl3N2/c1-8(9-4-2-3-5-10(9)15)19-14-7-12(17)11(16)6-13(14)18/h2-8,19H,18H2,1H3. The number of nitrogens with one attached hydrogen (secondary N) is 1.